The Balaban J connectivity index is 2.02. The summed E-state index contributed by atoms with van der Waals surface area (Å²) in [4.78, 5) is 0. The second-order valence-corrected chi connectivity index (χ2v) is 5.65. The molecule has 96 valence electrons. The predicted octanol–water partition coefficient (Wildman–Crippen LogP) is 3.77. The lowest BCUT2D eigenvalue weighted by molar-refractivity contribution is 0.212. The first-order valence-corrected chi connectivity index (χ1v) is 7.00. The molecule has 1 aromatic heterocycles. The standard InChI is InChI=1S/C15H25NO/c1-3-10-16-14(12-13-7-6-11-17-13)15(2)8-4-5-9-15/h6-7,11,14,16H,3-5,8-10,12H2,1-2H3. The van der Waals surface area contributed by atoms with Crippen LogP contribution >= 0.6 is 0 Å². The molecule has 0 bridgehead atoms. The van der Waals surface area contributed by atoms with Gasteiger partial charge >= 0.3 is 0 Å². The fourth-order valence-electron chi connectivity index (χ4n) is 3.04. The SMILES string of the molecule is CCCNC(Cc1ccco1)C1(C)CCCC1. The van der Waals surface area contributed by atoms with E-state index < -0.39 is 0 Å². The van der Waals surface area contributed by atoms with E-state index in [9.17, 15) is 0 Å². The molecule has 1 heterocycles. The van der Waals surface area contributed by atoms with Gasteiger partial charge in [-0.05, 0) is 43.4 Å². The minimum Gasteiger partial charge on any atom is -0.469 e. The zero-order valence-electron chi connectivity index (χ0n) is 11.2. The minimum absolute atomic E-state index is 0.460. The van der Waals surface area contributed by atoms with Gasteiger partial charge in [0.1, 0.15) is 5.76 Å². The van der Waals surface area contributed by atoms with Crippen LogP contribution < -0.4 is 5.32 Å². The molecule has 1 atom stereocenters. The summed E-state index contributed by atoms with van der Waals surface area (Å²) in [6.07, 6.45) is 9.50. The summed E-state index contributed by atoms with van der Waals surface area (Å²) in [5.74, 6) is 1.12. The van der Waals surface area contributed by atoms with Crippen molar-refractivity contribution in [2.45, 2.75) is 58.4 Å². The molecule has 0 aromatic carbocycles. The summed E-state index contributed by atoms with van der Waals surface area (Å²) in [6.45, 7) is 5.78. The van der Waals surface area contributed by atoms with Gasteiger partial charge in [0.25, 0.3) is 0 Å². The Morgan fingerprint density at radius 2 is 2.18 bits per heavy atom. The molecule has 1 aliphatic carbocycles. The van der Waals surface area contributed by atoms with Gasteiger partial charge in [0.15, 0.2) is 0 Å². The third-order valence-corrected chi connectivity index (χ3v) is 4.21. The molecule has 0 amide bonds. The summed E-state index contributed by atoms with van der Waals surface area (Å²) in [6, 6.07) is 4.65. The molecule has 2 nitrogen and oxygen atoms in total. The van der Waals surface area contributed by atoms with Crippen molar-refractivity contribution in [2.24, 2.45) is 5.41 Å². The van der Waals surface area contributed by atoms with E-state index in [1.54, 1.807) is 6.26 Å². The second kappa shape index (κ2) is 5.72. The van der Waals surface area contributed by atoms with E-state index in [2.05, 4.69) is 25.2 Å². The third-order valence-electron chi connectivity index (χ3n) is 4.21. The Morgan fingerprint density at radius 1 is 1.41 bits per heavy atom. The smallest absolute Gasteiger partial charge is 0.105 e. The number of nitrogens with one attached hydrogen (secondary N) is 1. The van der Waals surface area contributed by atoms with E-state index in [1.807, 2.05) is 6.07 Å². The Kier molecular flexibility index (Phi) is 4.27. The Morgan fingerprint density at radius 3 is 2.76 bits per heavy atom. The van der Waals surface area contributed by atoms with Crippen LogP contribution in [-0.2, 0) is 6.42 Å². The Bertz CT molecular complexity index is 312. The van der Waals surface area contributed by atoms with Gasteiger partial charge < -0.3 is 9.73 Å². The highest BCUT2D eigenvalue weighted by Gasteiger charge is 2.36. The van der Waals surface area contributed by atoms with E-state index in [0.29, 0.717) is 11.5 Å². The highest BCUT2D eigenvalue weighted by molar-refractivity contribution is 5.04. The molecule has 1 unspecified atom stereocenters. The third kappa shape index (κ3) is 3.12. The number of furan rings is 1. The zero-order chi connectivity index (χ0) is 12.1. The number of hydrogen-bond acceptors (Lipinski definition) is 2. The van der Waals surface area contributed by atoms with Crippen LogP contribution in [0.5, 0.6) is 0 Å². The molecule has 0 saturated heterocycles. The van der Waals surface area contributed by atoms with Crippen molar-refractivity contribution in [3.05, 3.63) is 24.2 Å². The minimum atomic E-state index is 0.460. The van der Waals surface area contributed by atoms with Crippen molar-refractivity contribution in [2.75, 3.05) is 6.54 Å². The van der Waals surface area contributed by atoms with E-state index in [1.165, 1.54) is 32.1 Å². The molecule has 0 spiro atoms. The largest absolute Gasteiger partial charge is 0.469 e. The first-order chi connectivity index (χ1) is 8.24. The van der Waals surface area contributed by atoms with E-state index in [4.69, 9.17) is 4.42 Å². The van der Waals surface area contributed by atoms with Gasteiger partial charge in [0.05, 0.1) is 6.26 Å². The summed E-state index contributed by atoms with van der Waals surface area (Å²) < 4.78 is 5.51. The lowest BCUT2D eigenvalue weighted by atomic mass is 9.78. The molecule has 1 N–H and O–H groups in total. The molecule has 17 heavy (non-hydrogen) atoms. The van der Waals surface area contributed by atoms with Gasteiger partial charge in [0, 0.05) is 12.5 Å². The maximum atomic E-state index is 5.51. The van der Waals surface area contributed by atoms with Crippen LogP contribution in [0.3, 0.4) is 0 Å². The highest BCUT2D eigenvalue weighted by Crippen LogP contribution is 2.41. The average Bonchev–Trinajstić information content (AvgIpc) is 2.96. The summed E-state index contributed by atoms with van der Waals surface area (Å²) >= 11 is 0. The summed E-state index contributed by atoms with van der Waals surface area (Å²) in [5.41, 5.74) is 0.460. The van der Waals surface area contributed by atoms with Crippen molar-refractivity contribution in [1.82, 2.24) is 5.32 Å². The fourth-order valence-corrected chi connectivity index (χ4v) is 3.04. The van der Waals surface area contributed by atoms with Crippen LogP contribution in [0.4, 0.5) is 0 Å². The van der Waals surface area contributed by atoms with Crippen LogP contribution in [0, 0.1) is 5.41 Å². The molecule has 2 heteroatoms. The van der Waals surface area contributed by atoms with Gasteiger partial charge in [-0.2, -0.15) is 0 Å². The molecule has 1 saturated carbocycles. The predicted molar refractivity (Wildman–Crippen MR) is 71.1 cm³/mol. The maximum Gasteiger partial charge on any atom is 0.105 e. The maximum absolute atomic E-state index is 5.51. The summed E-state index contributed by atoms with van der Waals surface area (Å²) in [7, 11) is 0. The fraction of sp³-hybridized carbons (Fsp3) is 0.733. The van der Waals surface area contributed by atoms with Gasteiger partial charge in [-0.15, -0.1) is 0 Å². The van der Waals surface area contributed by atoms with Crippen LogP contribution in [0.2, 0.25) is 0 Å². The lowest BCUT2D eigenvalue weighted by Crippen LogP contribution is -2.44. The van der Waals surface area contributed by atoms with Crippen LogP contribution in [0.1, 0.15) is 51.7 Å². The van der Waals surface area contributed by atoms with Gasteiger partial charge in [-0.1, -0.05) is 26.7 Å². The quantitative estimate of drug-likeness (QED) is 0.812. The normalized spacial score (nSPS) is 20.6. The molecule has 2 rings (SSSR count). The van der Waals surface area contributed by atoms with Crippen molar-refractivity contribution in [3.63, 3.8) is 0 Å². The number of rotatable bonds is 6. The van der Waals surface area contributed by atoms with Crippen LogP contribution in [0.25, 0.3) is 0 Å². The van der Waals surface area contributed by atoms with Crippen molar-refractivity contribution in [1.29, 1.82) is 0 Å². The van der Waals surface area contributed by atoms with Crippen molar-refractivity contribution in [3.8, 4) is 0 Å². The van der Waals surface area contributed by atoms with Crippen molar-refractivity contribution >= 4 is 0 Å². The van der Waals surface area contributed by atoms with E-state index in [0.717, 1.165) is 18.7 Å². The van der Waals surface area contributed by atoms with Crippen molar-refractivity contribution < 1.29 is 4.42 Å². The molecular weight excluding hydrogens is 210 g/mol. The second-order valence-electron chi connectivity index (χ2n) is 5.65. The molecule has 1 aliphatic rings. The lowest BCUT2D eigenvalue weighted by Gasteiger charge is -2.34. The van der Waals surface area contributed by atoms with Gasteiger partial charge in [-0.25, -0.2) is 0 Å². The Hall–Kier alpha value is -0.760. The monoisotopic (exact) mass is 235 g/mol. The molecule has 0 radical (unpaired) electrons. The topological polar surface area (TPSA) is 25.2 Å². The number of hydrogen-bond donors (Lipinski definition) is 1. The van der Waals surface area contributed by atoms with Gasteiger partial charge in [0.2, 0.25) is 0 Å². The van der Waals surface area contributed by atoms with E-state index in [-0.39, 0.29) is 0 Å². The van der Waals surface area contributed by atoms with E-state index >= 15 is 0 Å². The molecule has 1 fully saturated rings. The average molecular weight is 235 g/mol. The van der Waals surface area contributed by atoms with Crippen LogP contribution in [0.15, 0.2) is 22.8 Å². The molecular formula is C15H25NO. The van der Waals surface area contributed by atoms with Gasteiger partial charge in [-0.3, -0.25) is 0 Å². The molecule has 0 aliphatic heterocycles. The first kappa shape index (κ1) is 12.7. The highest BCUT2D eigenvalue weighted by atomic mass is 16.3. The molecule has 1 aromatic rings. The Labute approximate surface area is 105 Å². The zero-order valence-corrected chi connectivity index (χ0v) is 11.2. The van der Waals surface area contributed by atoms with Crippen LogP contribution in [-0.4, -0.2) is 12.6 Å². The first-order valence-electron chi connectivity index (χ1n) is 7.00. The summed E-state index contributed by atoms with van der Waals surface area (Å²) in [5, 5.41) is 3.73.